The summed E-state index contributed by atoms with van der Waals surface area (Å²) in [7, 11) is 0. The number of thiophene rings is 2. The maximum atomic E-state index is 12.9. The number of hydrogen-bond donors (Lipinski definition) is 1. The maximum Gasteiger partial charge on any atom is 0.348 e. The first-order valence-corrected chi connectivity index (χ1v) is 13.8. The highest BCUT2D eigenvalue weighted by atomic mass is 32.2. The lowest BCUT2D eigenvalue weighted by atomic mass is 10.0. The van der Waals surface area contributed by atoms with Crippen molar-refractivity contribution in [3.8, 4) is 33.8 Å². The van der Waals surface area contributed by atoms with E-state index in [1.165, 1.54) is 0 Å². The van der Waals surface area contributed by atoms with E-state index in [4.69, 9.17) is 9.72 Å². The molecule has 1 amide bonds. The predicted octanol–water partition coefficient (Wildman–Crippen LogP) is 6.50. The fourth-order valence-electron chi connectivity index (χ4n) is 3.55. The van der Waals surface area contributed by atoms with Gasteiger partial charge in [-0.3, -0.25) is 4.79 Å². The van der Waals surface area contributed by atoms with Crippen molar-refractivity contribution in [1.29, 1.82) is 10.5 Å². The van der Waals surface area contributed by atoms with Gasteiger partial charge < -0.3 is 10.1 Å². The number of pyridine rings is 1. The summed E-state index contributed by atoms with van der Waals surface area (Å²) in [5.41, 5.74) is 3.43. The molecule has 4 rings (SSSR count). The van der Waals surface area contributed by atoms with Gasteiger partial charge in [-0.15, -0.1) is 22.7 Å². The highest BCUT2D eigenvalue weighted by Gasteiger charge is 2.23. The molecule has 0 saturated heterocycles. The Morgan fingerprint density at radius 3 is 2.51 bits per heavy atom. The van der Waals surface area contributed by atoms with E-state index in [0.717, 1.165) is 44.8 Å². The molecule has 10 heteroatoms. The number of rotatable bonds is 8. The van der Waals surface area contributed by atoms with Crippen molar-refractivity contribution in [2.75, 3.05) is 17.7 Å². The second kappa shape index (κ2) is 11.8. The van der Waals surface area contributed by atoms with Crippen LogP contribution in [0.1, 0.15) is 33.3 Å². The van der Waals surface area contributed by atoms with E-state index in [0.29, 0.717) is 21.2 Å². The van der Waals surface area contributed by atoms with E-state index in [2.05, 4.69) is 17.5 Å². The van der Waals surface area contributed by atoms with Crippen LogP contribution in [-0.4, -0.2) is 29.2 Å². The summed E-state index contributed by atoms with van der Waals surface area (Å²) in [6.45, 7) is 3.56. The number of benzene rings is 1. The third-order valence-corrected chi connectivity index (χ3v) is 8.32. The molecule has 0 aliphatic carbocycles. The number of carbonyl (C=O) groups excluding carboxylic acids is 2. The van der Waals surface area contributed by atoms with E-state index >= 15 is 0 Å². The highest BCUT2D eigenvalue weighted by Crippen LogP contribution is 2.36. The van der Waals surface area contributed by atoms with Crippen LogP contribution in [0, 0.1) is 29.6 Å². The van der Waals surface area contributed by atoms with Gasteiger partial charge in [0, 0.05) is 5.56 Å². The number of amides is 1. The predicted molar refractivity (Wildman–Crippen MR) is 147 cm³/mol. The van der Waals surface area contributed by atoms with Crippen molar-refractivity contribution in [1.82, 2.24) is 4.98 Å². The quantitative estimate of drug-likeness (QED) is 0.199. The van der Waals surface area contributed by atoms with Gasteiger partial charge in [0.1, 0.15) is 27.0 Å². The highest BCUT2D eigenvalue weighted by molar-refractivity contribution is 8.00. The summed E-state index contributed by atoms with van der Waals surface area (Å²) >= 11 is 3.70. The Labute approximate surface area is 226 Å². The molecular weight excluding hydrogens is 525 g/mol. The van der Waals surface area contributed by atoms with E-state index < -0.39 is 5.97 Å². The van der Waals surface area contributed by atoms with Crippen LogP contribution in [0.5, 0.6) is 0 Å². The molecule has 0 aliphatic rings. The number of aromatic nitrogens is 1. The third-order valence-electron chi connectivity index (χ3n) is 5.27. The average molecular weight is 545 g/mol. The van der Waals surface area contributed by atoms with E-state index in [1.807, 2.05) is 53.9 Å². The van der Waals surface area contributed by atoms with Crippen molar-refractivity contribution in [3.63, 3.8) is 0 Å². The third kappa shape index (κ3) is 5.73. The van der Waals surface area contributed by atoms with E-state index in [9.17, 15) is 20.1 Å². The topological polar surface area (TPSA) is 116 Å². The van der Waals surface area contributed by atoms with Crippen molar-refractivity contribution in [2.24, 2.45) is 0 Å². The standard InChI is InChI=1S/C27H20N4O3S3/c1-3-34-27(33)24-16(2)19(13-28)26(37-24)31-23(32)15-36-25-20(14-29)18(17-8-5-4-6-9-17)12-21(30-25)22-10-7-11-35-22/h4-12H,3,15H2,1-2H3,(H,31,32). The monoisotopic (exact) mass is 544 g/mol. The summed E-state index contributed by atoms with van der Waals surface area (Å²) in [4.78, 5) is 31.0. The van der Waals surface area contributed by atoms with Crippen LogP contribution < -0.4 is 5.32 Å². The smallest absolute Gasteiger partial charge is 0.348 e. The first-order valence-electron chi connectivity index (χ1n) is 11.1. The number of thioether (sulfide) groups is 1. The number of carbonyl (C=O) groups is 2. The van der Waals surface area contributed by atoms with Gasteiger partial charge in [0.2, 0.25) is 5.91 Å². The molecule has 1 N–H and O–H groups in total. The van der Waals surface area contributed by atoms with Gasteiger partial charge in [0.05, 0.1) is 34.1 Å². The summed E-state index contributed by atoms with van der Waals surface area (Å²) in [5.74, 6) is -0.954. The minimum absolute atomic E-state index is 0.0413. The van der Waals surface area contributed by atoms with Gasteiger partial charge in [-0.05, 0) is 42.5 Å². The van der Waals surface area contributed by atoms with Gasteiger partial charge >= 0.3 is 5.97 Å². The molecule has 37 heavy (non-hydrogen) atoms. The zero-order chi connectivity index (χ0) is 26.4. The average Bonchev–Trinajstić information content (AvgIpc) is 3.56. The van der Waals surface area contributed by atoms with Crippen molar-refractivity contribution in [2.45, 2.75) is 18.9 Å². The van der Waals surface area contributed by atoms with Crippen molar-refractivity contribution < 1.29 is 14.3 Å². The number of nitrogens with one attached hydrogen (secondary N) is 1. The Kier molecular flexibility index (Phi) is 8.36. The SMILES string of the molecule is CCOC(=O)c1sc(NC(=O)CSc2nc(-c3cccs3)cc(-c3ccccc3)c2C#N)c(C#N)c1C. The van der Waals surface area contributed by atoms with Crippen LogP contribution >= 0.6 is 34.4 Å². The molecular formula is C27H20N4O3S3. The first kappa shape index (κ1) is 26.1. The van der Waals surface area contributed by atoms with Crippen LogP contribution in [0.15, 0.2) is 58.9 Å². The normalized spacial score (nSPS) is 10.4. The number of anilines is 1. The van der Waals surface area contributed by atoms with E-state index in [-0.39, 0.29) is 28.7 Å². The summed E-state index contributed by atoms with van der Waals surface area (Å²) < 4.78 is 5.05. The van der Waals surface area contributed by atoms with Crippen molar-refractivity contribution >= 4 is 51.3 Å². The van der Waals surface area contributed by atoms with Crippen LogP contribution in [0.2, 0.25) is 0 Å². The lowest BCUT2D eigenvalue weighted by molar-refractivity contribution is -0.113. The lowest BCUT2D eigenvalue weighted by Gasteiger charge is -2.12. The van der Waals surface area contributed by atoms with Crippen LogP contribution in [-0.2, 0) is 9.53 Å². The molecule has 1 aromatic carbocycles. The second-order valence-electron chi connectivity index (χ2n) is 7.62. The molecule has 3 heterocycles. The summed E-state index contributed by atoms with van der Waals surface area (Å²) in [5, 5.41) is 25.0. The summed E-state index contributed by atoms with van der Waals surface area (Å²) in [6, 6.07) is 19.7. The maximum absolute atomic E-state index is 12.9. The number of nitriles is 2. The zero-order valence-corrected chi connectivity index (χ0v) is 22.4. The Bertz CT molecular complexity index is 1530. The Balaban J connectivity index is 1.62. The molecule has 0 saturated carbocycles. The van der Waals surface area contributed by atoms with Gasteiger partial charge in [0.15, 0.2) is 0 Å². The van der Waals surface area contributed by atoms with E-state index in [1.54, 1.807) is 25.2 Å². The van der Waals surface area contributed by atoms with Crippen LogP contribution in [0.3, 0.4) is 0 Å². The molecule has 3 aromatic heterocycles. The van der Waals surface area contributed by atoms with Gasteiger partial charge in [-0.2, -0.15) is 10.5 Å². The number of hydrogen-bond acceptors (Lipinski definition) is 9. The van der Waals surface area contributed by atoms with Crippen molar-refractivity contribution in [3.05, 3.63) is 75.5 Å². The number of ether oxygens (including phenoxy) is 1. The van der Waals surface area contributed by atoms with Gasteiger partial charge in [-0.1, -0.05) is 48.2 Å². The molecule has 0 atom stereocenters. The van der Waals surface area contributed by atoms with Gasteiger partial charge in [-0.25, -0.2) is 9.78 Å². The molecule has 0 radical (unpaired) electrons. The fraction of sp³-hybridized carbons (Fsp3) is 0.148. The zero-order valence-electron chi connectivity index (χ0n) is 19.9. The molecule has 0 aliphatic heterocycles. The molecule has 0 unspecified atom stereocenters. The minimum atomic E-state index is -0.530. The molecule has 0 bridgehead atoms. The number of nitrogens with zero attached hydrogens (tertiary/aromatic N) is 3. The fourth-order valence-corrected chi connectivity index (χ4v) is 6.11. The summed E-state index contributed by atoms with van der Waals surface area (Å²) in [6.07, 6.45) is 0. The first-order chi connectivity index (χ1) is 18.0. The molecule has 0 spiro atoms. The molecule has 7 nitrogen and oxygen atoms in total. The Morgan fingerprint density at radius 2 is 1.86 bits per heavy atom. The largest absolute Gasteiger partial charge is 0.462 e. The Morgan fingerprint density at radius 1 is 1.11 bits per heavy atom. The van der Waals surface area contributed by atoms with Crippen LogP contribution in [0.25, 0.3) is 21.7 Å². The number of esters is 1. The van der Waals surface area contributed by atoms with Gasteiger partial charge in [0.25, 0.3) is 0 Å². The minimum Gasteiger partial charge on any atom is -0.462 e. The second-order valence-corrected chi connectivity index (χ2v) is 10.6. The molecule has 0 fully saturated rings. The molecule has 184 valence electrons. The molecule has 4 aromatic rings. The Hall–Kier alpha value is -3.96. The lowest BCUT2D eigenvalue weighted by Crippen LogP contribution is -2.14. The van der Waals surface area contributed by atoms with Crippen LogP contribution in [0.4, 0.5) is 5.00 Å².